The number of ether oxygens (including phenoxy) is 2. The Hall–Kier alpha value is -2.15. The molecular formula is C20H25BrN2O4. The maximum absolute atomic E-state index is 12.7. The van der Waals surface area contributed by atoms with Crippen molar-refractivity contribution >= 4 is 38.6 Å². The van der Waals surface area contributed by atoms with Crippen molar-refractivity contribution in [1.82, 2.24) is 10.3 Å². The van der Waals surface area contributed by atoms with Crippen LogP contribution in [0.25, 0.3) is 10.8 Å². The quantitative estimate of drug-likeness (QED) is 0.669. The molecule has 2 aromatic rings. The van der Waals surface area contributed by atoms with Crippen LogP contribution in [0.2, 0.25) is 0 Å². The third-order valence-electron chi connectivity index (χ3n) is 4.26. The van der Waals surface area contributed by atoms with Gasteiger partial charge in [-0.05, 0) is 37.3 Å². The maximum atomic E-state index is 12.7. The predicted molar refractivity (Wildman–Crippen MR) is 108 cm³/mol. The third kappa shape index (κ3) is 5.42. The van der Waals surface area contributed by atoms with Gasteiger partial charge in [0.2, 0.25) is 11.8 Å². The highest BCUT2D eigenvalue weighted by Crippen LogP contribution is 2.24. The Balaban J connectivity index is 2.06. The summed E-state index contributed by atoms with van der Waals surface area (Å²) in [6, 6.07) is 7.03. The van der Waals surface area contributed by atoms with Gasteiger partial charge in [0.25, 0.3) is 0 Å². The van der Waals surface area contributed by atoms with Crippen molar-refractivity contribution in [2.75, 3.05) is 13.7 Å². The molecule has 1 aromatic heterocycles. The largest absolute Gasteiger partial charge is 0.477 e. The summed E-state index contributed by atoms with van der Waals surface area (Å²) in [5.41, 5.74) is -0.852. The predicted octanol–water partition coefficient (Wildman–Crippen LogP) is 3.72. The monoisotopic (exact) mass is 436 g/mol. The van der Waals surface area contributed by atoms with E-state index in [-0.39, 0.29) is 18.4 Å². The molecule has 146 valence electrons. The number of halogens is 1. The molecule has 0 saturated carbocycles. The molecule has 27 heavy (non-hydrogen) atoms. The van der Waals surface area contributed by atoms with E-state index in [0.29, 0.717) is 5.88 Å². The topological polar surface area (TPSA) is 77.5 Å². The molecule has 0 unspecified atom stereocenters. The normalized spacial score (nSPS) is 12.7. The van der Waals surface area contributed by atoms with E-state index < -0.39 is 17.4 Å². The smallest absolute Gasteiger partial charge is 0.328 e. The van der Waals surface area contributed by atoms with E-state index in [2.05, 4.69) is 26.2 Å². The summed E-state index contributed by atoms with van der Waals surface area (Å²) in [6.07, 6.45) is 1.73. The van der Waals surface area contributed by atoms with Gasteiger partial charge in [0, 0.05) is 22.1 Å². The molecule has 2 rings (SSSR count). The van der Waals surface area contributed by atoms with Gasteiger partial charge in [-0.2, -0.15) is 0 Å². The van der Waals surface area contributed by atoms with E-state index in [1.165, 1.54) is 7.11 Å². The van der Waals surface area contributed by atoms with Gasteiger partial charge in [0.15, 0.2) is 0 Å². The van der Waals surface area contributed by atoms with E-state index >= 15 is 0 Å². The first kappa shape index (κ1) is 21.2. The van der Waals surface area contributed by atoms with E-state index in [9.17, 15) is 9.59 Å². The summed E-state index contributed by atoms with van der Waals surface area (Å²) < 4.78 is 11.5. The Bertz CT molecular complexity index is 836. The molecule has 0 saturated heterocycles. The molecule has 0 bridgehead atoms. The van der Waals surface area contributed by atoms with Crippen LogP contribution < -0.4 is 10.1 Å². The van der Waals surface area contributed by atoms with Crippen LogP contribution in [0.3, 0.4) is 0 Å². The fourth-order valence-electron chi connectivity index (χ4n) is 2.45. The van der Waals surface area contributed by atoms with Gasteiger partial charge in [-0.1, -0.05) is 35.8 Å². The van der Waals surface area contributed by atoms with Crippen LogP contribution in [0, 0.1) is 11.3 Å². The number of esters is 1. The number of methoxy groups -OCH3 is 1. The van der Waals surface area contributed by atoms with Crippen molar-refractivity contribution < 1.29 is 19.1 Å². The first-order valence-corrected chi connectivity index (χ1v) is 9.50. The number of nitrogens with one attached hydrogen (secondary N) is 1. The first-order valence-electron chi connectivity index (χ1n) is 8.71. The number of amides is 1. The minimum atomic E-state index is -0.852. The molecule has 6 nitrogen and oxygen atoms in total. The van der Waals surface area contributed by atoms with Crippen LogP contribution in [0.1, 0.15) is 27.7 Å². The minimum Gasteiger partial charge on any atom is -0.477 e. The fraction of sp³-hybridized carbons (Fsp3) is 0.450. The average molecular weight is 437 g/mol. The molecule has 1 amide bonds. The molecule has 1 N–H and O–H groups in total. The van der Waals surface area contributed by atoms with Crippen LogP contribution in [-0.4, -0.2) is 36.6 Å². The number of carbonyl (C=O) groups excluding carboxylic acids is 2. The number of benzene rings is 1. The molecule has 1 heterocycles. The number of nitrogens with zero attached hydrogens (tertiary/aromatic N) is 1. The number of fused-ring (bicyclic) bond motifs is 1. The summed E-state index contributed by atoms with van der Waals surface area (Å²) in [5, 5.41) is 4.75. The highest BCUT2D eigenvalue weighted by molar-refractivity contribution is 9.10. The Morgan fingerprint density at radius 2 is 1.93 bits per heavy atom. The zero-order valence-corrected chi connectivity index (χ0v) is 17.8. The molecule has 0 aliphatic carbocycles. The maximum Gasteiger partial charge on any atom is 0.328 e. The van der Waals surface area contributed by atoms with Crippen LogP contribution in [-0.2, 0) is 14.3 Å². The molecular weight excluding hydrogens is 412 g/mol. The van der Waals surface area contributed by atoms with Gasteiger partial charge >= 0.3 is 5.97 Å². The number of aromatic nitrogens is 1. The van der Waals surface area contributed by atoms with Gasteiger partial charge in [-0.3, -0.25) is 4.79 Å². The van der Waals surface area contributed by atoms with E-state index in [4.69, 9.17) is 9.47 Å². The lowest BCUT2D eigenvalue weighted by Crippen LogP contribution is -2.51. The standard InChI is InChI=1S/C20H25BrN2O4/c1-12(2)17(18(24)26-5)23-19(25)20(3,4)11-27-16-9-14-8-15(21)7-6-13(14)10-22-16/h6-10,12,17H,11H2,1-5H3,(H,23,25)/t17-/m0/s1. The molecule has 0 aliphatic heterocycles. The Morgan fingerprint density at radius 1 is 1.22 bits per heavy atom. The Morgan fingerprint density at radius 3 is 2.56 bits per heavy atom. The molecule has 7 heteroatoms. The summed E-state index contributed by atoms with van der Waals surface area (Å²) in [7, 11) is 1.31. The third-order valence-corrected chi connectivity index (χ3v) is 4.76. The zero-order chi connectivity index (χ0) is 20.2. The number of hydrogen-bond donors (Lipinski definition) is 1. The molecule has 0 aliphatic rings. The van der Waals surface area contributed by atoms with Crippen molar-refractivity contribution in [1.29, 1.82) is 0 Å². The summed E-state index contributed by atoms with van der Waals surface area (Å²) >= 11 is 3.45. The first-order chi connectivity index (χ1) is 12.6. The number of carbonyl (C=O) groups is 2. The lowest BCUT2D eigenvalue weighted by atomic mass is 9.92. The number of pyridine rings is 1. The number of rotatable bonds is 7. The van der Waals surface area contributed by atoms with Crippen LogP contribution in [0.4, 0.5) is 0 Å². The van der Waals surface area contributed by atoms with E-state index in [0.717, 1.165) is 15.2 Å². The van der Waals surface area contributed by atoms with Crippen LogP contribution in [0.15, 0.2) is 34.9 Å². The van der Waals surface area contributed by atoms with Gasteiger partial charge in [-0.25, -0.2) is 9.78 Å². The highest BCUT2D eigenvalue weighted by atomic mass is 79.9. The van der Waals surface area contributed by atoms with Gasteiger partial charge in [-0.15, -0.1) is 0 Å². The van der Waals surface area contributed by atoms with Crippen molar-refractivity contribution in [3.63, 3.8) is 0 Å². The van der Waals surface area contributed by atoms with Crippen molar-refractivity contribution in [2.45, 2.75) is 33.7 Å². The molecule has 1 aromatic carbocycles. The van der Waals surface area contributed by atoms with Crippen molar-refractivity contribution in [3.05, 3.63) is 34.9 Å². The Kier molecular flexibility index (Phi) is 6.81. The van der Waals surface area contributed by atoms with Gasteiger partial charge < -0.3 is 14.8 Å². The lowest BCUT2D eigenvalue weighted by molar-refractivity contribution is -0.148. The summed E-state index contributed by atoms with van der Waals surface area (Å²) in [4.78, 5) is 28.8. The molecule has 0 radical (unpaired) electrons. The SMILES string of the molecule is COC(=O)[C@@H](NC(=O)C(C)(C)COc1cc2cc(Br)ccc2cn1)C(C)C. The van der Waals surface area contributed by atoms with E-state index in [1.54, 1.807) is 20.0 Å². The molecule has 1 atom stereocenters. The van der Waals surface area contributed by atoms with Crippen molar-refractivity contribution in [2.24, 2.45) is 11.3 Å². The van der Waals surface area contributed by atoms with Gasteiger partial charge in [0.05, 0.1) is 12.5 Å². The van der Waals surface area contributed by atoms with Gasteiger partial charge in [0.1, 0.15) is 12.6 Å². The Labute approximate surface area is 167 Å². The molecule has 0 fully saturated rings. The minimum absolute atomic E-state index is 0.0845. The second-order valence-corrected chi connectivity index (χ2v) is 8.32. The second kappa shape index (κ2) is 8.69. The second-order valence-electron chi connectivity index (χ2n) is 7.40. The van der Waals surface area contributed by atoms with Crippen molar-refractivity contribution in [3.8, 4) is 5.88 Å². The van der Waals surface area contributed by atoms with E-state index in [1.807, 2.05) is 38.1 Å². The van der Waals surface area contributed by atoms with Crippen LogP contribution in [0.5, 0.6) is 5.88 Å². The summed E-state index contributed by atoms with van der Waals surface area (Å²) in [5.74, 6) is -0.388. The number of hydrogen-bond acceptors (Lipinski definition) is 5. The zero-order valence-electron chi connectivity index (χ0n) is 16.2. The summed E-state index contributed by atoms with van der Waals surface area (Å²) in [6.45, 7) is 7.34. The average Bonchev–Trinajstić information content (AvgIpc) is 2.62. The fourth-order valence-corrected chi connectivity index (χ4v) is 2.83. The lowest BCUT2D eigenvalue weighted by Gasteiger charge is -2.27. The van der Waals surface area contributed by atoms with Crippen LogP contribution >= 0.6 is 15.9 Å². The highest BCUT2D eigenvalue weighted by Gasteiger charge is 2.34. The molecule has 0 spiro atoms.